The smallest absolute Gasteiger partial charge is 0.224 e. The molecule has 0 spiro atoms. The molecule has 0 saturated carbocycles. The molecule has 0 radical (unpaired) electrons. The van der Waals surface area contributed by atoms with E-state index in [0.717, 1.165) is 22.7 Å². The molecule has 1 aromatic heterocycles. The van der Waals surface area contributed by atoms with Crippen LogP contribution in [0.5, 0.6) is 5.75 Å². The third-order valence-electron chi connectivity index (χ3n) is 3.27. The van der Waals surface area contributed by atoms with Crippen LogP contribution in [0.15, 0.2) is 30.3 Å². The number of hydrogen-bond acceptors (Lipinski definition) is 3. The minimum atomic E-state index is 0.0155. The van der Waals surface area contributed by atoms with Crippen molar-refractivity contribution in [2.75, 3.05) is 13.7 Å². The largest absolute Gasteiger partial charge is 0.497 e. The molecule has 1 aromatic carbocycles. The van der Waals surface area contributed by atoms with Gasteiger partial charge in [-0.15, -0.1) is 0 Å². The van der Waals surface area contributed by atoms with Crippen LogP contribution in [0.25, 0.3) is 0 Å². The van der Waals surface area contributed by atoms with Gasteiger partial charge in [0, 0.05) is 12.2 Å². The highest BCUT2D eigenvalue weighted by atomic mass is 16.5. The van der Waals surface area contributed by atoms with Crippen LogP contribution >= 0.6 is 0 Å². The standard InChI is InChI=1S/C16H21N3O2/c1-12-10-13(2)19(18-12)9-8-17-16(20)11-14-4-6-15(21-3)7-5-14/h4-7,10H,8-9,11H2,1-3H3,(H,17,20). The van der Waals surface area contributed by atoms with E-state index < -0.39 is 0 Å². The van der Waals surface area contributed by atoms with Gasteiger partial charge in [-0.25, -0.2) is 0 Å². The molecule has 2 rings (SSSR count). The first-order valence-electron chi connectivity index (χ1n) is 6.99. The number of methoxy groups -OCH3 is 1. The van der Waals surface area contributed by atoms with E-state index in [9.17, 15) is 4.79 Å². The molecule has 2 aromatic rings. The van der Waals surface area contributed by atoms with E-state index in [1.165, 1.54) is 0 Å². The zero-order valence-electron chi connectivity index (χ0n) is 12.7. The van der Waals surface area contributed by atoms with E-state index in [4.69, 9.17) is 4.74 Å². The molecule has 112 valence electrons. The molecule has 1 amide bonds. The predicted molar refractivity (Wildman–Crippen MR) is 81.4 cm³/mol. The van der Waals surface area contributed by atoms with E-state index >= 15 is 0 Å². The Morgan fingerprint density at radius 1 is 1.29 bits per heavy atom. The maximum atomic E-state index is 11.9. The van der Waals surface area contributed by atoms with Crippen LogP contribution in [-0.2, 0) is 17.8 Å². The van der Waals surface area contributed by atoms with Gasteiger partial charge in [0.2, 0.25) is 5.91 Å². The van der Waals surface area contributed by atoms with Crippen LogP contribution in [0.3, 0.4) is 0 Å². The van der Waals surface area contributed by atoms with Crippen molar-refractivity contribution in [3.63, 3.8) is 0 Å². The van der Waals surface area contributed by atoms with E-state index in [-0.39, 0.29) is 5.91 Å². The van der Waals surface area contributed by atoms with Crippen LogP contribution in [0.4, 0.5) is 0 Å². The summed E-state index contributed by atoms with van der Waals surface area (Å²) in [7, 11) is 1.63. The molecule has 0 aliphatic carbocycles. The minimum Gasteiger partial charge on any atom is -0.497 e. The molecule has 5 heteroatoms. The summed E-state index contributed by atoms with van der Waals surface area (Å²) in [5, 5.41) is 7.28. The highest BCUT2D eigenvalue weighted by Gasteiger charge is 2.05. The van der Waals surface area contributed by atoms with Gasteiger partial charge in [-0.1, -0.05) is 12.1 Å². The normalized spacial score (nSPS) is 10.4. The Morgan fingerprint density at radius 2 is 2.00 bits per heavy atom. The molecule has 21 heavy (non-hydrogen) atoms. The van der Waals surface area contributed by atoms with E-state index in [1.54, 1.807) is 7.11 Å². The number of carbonyl (C=O) groups excluding carboxylic acids is 1. The van der Waals surface area contributed by atoms with Gasteiger partial charge in [0.1, 0.15) is 5.75 Å². The Morgan fingerprint density at radius 3 is 2.57 bits per heavy atom. The van der Waals surface area contributed by atoms with Crippen molar-refractivity contribution in [2.45, 2.75) is 26.8 Å². The summed E-state index contributed by atoms with van der Waals surface area (Å²) < 4.78 is 7.00. The number of nitrogens with one attached hydrogen (secondary N) is 1. The molecule has 0 saturated heterocycles. The molecule has 1 N–H and O–H groups in total. The summed E-state index contributed by atoms with van der Waals surface area (Å²) in [6, 6.07) is 9.55. The van der Waals surface area contributed by atoms with Crippen molar-refractivity contribution in [1.82, 2.24) is 15.1 Å². The lowest BCUT2D eigenvalue weighted by Gasteiger charge is -2.07. The molecule has 0 aliphatic rings. The number of amides is 1. The lowest BCUT2D eigenvalue weighted by molar-refractivity contribution is -0.120. The average Bonchev–Trinajstić information content (AvgIpc) is 2.78. The van der Waals surface area contributed by atoms with Crippen LogP contribution in [0, 0.1) is 13.8 Å². The molecule has 0 unspecified atom stereocenters. The maximum Gasteiger partial charge on any atom is 0.224 e. The minimum absolute atomic E-state index is 0.0155. The highest BCUT2D eigenvalue weighted by Crippen LogP contribution is 2.11. The van der Waals surface area contributed by atoms with Crippen molar-refractivity contribution in [2.24, 2.45) is 0 Å². The van der Waals surface area contributed by atoms with Crippen molar-refractivity contribution in [1.29, 1.82) is 0 Å². The van der Waals surface area contributed by atoms with Gasteiger partial charge >= 0.3 is 0 Å². The van der Waals surface area contributed by atoms with E-state index in [1.807, 2.05) is 48.9 Å². The molecule has 0 bridgehead atoms. The molecule has 1 heterocycles. The summed E-state index contributed by atoms with van der Waals surface area (Å²) in [6.45, 7) is 5.25. The zero-order chi connectivity index (χ0) is 15.2. The van der Waals surface area contributed by atoms with Crippen molar-refractivity contribution >= 4 is 5.91 Å². The number of hydrogen-bond donors (Lipinski definition) is 1. The summed E-state index contributed by atoms with van der Waals surface area (Å²) in [5.41, 5.74) is 3.08. The van der Waals surface area contributed by atoms with Crippen LogP contribution in [0.2, 0.25) is 0 Å². The summed E-state index contributed by atoms with van der Waals surface area (Å²) >= 11 is 0. The fourth-order valence-corrected chi connectivity index (χ4v) is 2.19. The molecule has 0 atom stereocenters. The first-order chi connectivity index (χ1) is 10.1. The SMILES string of the molecule is COc1ccc(CC(=O)NCCn2nc(C)cc2C)cc1. The Bertz CT molecular complexity index is 602. The maximum absolute atomic E-state index is 11.9. The number of nitrogens with zero attached hydrogens (tertiary/aromatic N) is 2. The monoisotopic (exact) mass is 287 g/mol. The quantitative estimate of drug-likeness (QED) is 0.882. The fraction of sp³-hybridized carbons (Fsp3) is 0.375. The van der Waals surface area contributed by atoms with Gasteiger partial charge in [-0.2, -0.15) is 5.10 Å². The van der Waals surface area contributed by atoms with Gasteiger partial charge in [-0.05, 0) is 37.6 Å². The van der Waals surface area contributed by atoms with Crippen LogP contribution in [-0.4, -0.2) is 29.3 Å². The molecule has 0 aliphatic heterocycles. The third kappa shape index (κ3) is 4.34. The van der Waals surface area contributed by atoms with E-state index in [2.05, 4.69) is 10.4 Å². The number of benzene rings is 1. The second-order valence-electron chi connectivity index (χ2n) is 5.03. The van der Waals surface area contributed by atoms with Crippen molar-refractivity contribution < 1.29 is 9.53 Å². The van der Waals surface area contributed by atoms with Gasteiger partial charge in [0.25, 0.3) is 0 Å². The van der Waals surface area contributed by atoms with Gasteiger partial charge < -0.3 is 10.1 Å². The van der Waals surface area contributed by atoms with Crippen molar-refractivity contribution in [3.05, 3.63) is 47.3 Å². The lowest BCUT2D eigenvalue weighted by Crippen LogP contribution is -2.29. The Kier molecular flexibility index (Phi) is 4.98. The first-order valence-corrected chi connectivity index (χ1v) is 6.99. The second-order valence-corrected chi connectivity index (χ2v) is 5.03. The number of carbonyl (C=O) groups is 1. The Labute approximate surface area is 124 Å². The Hall–Kier alpha value is -2.30. The number of aryl methyl sites for hydroxylation is 2. The van der Waals surface area contributed by atoms with E-state index in [0.29, 0.717) is 19.5 Å². The molecule has 0 fully saturated rings. The number of ether oxygens (including phenoxy) is 1. The summed E-state index contributed by atoms with van der Waals surface area (Å²) in [5.74, 6) is 0.811. The molecule has 5 nitrogen and oxygen atoms in total. The van der Waals surface area contributed by atoms with Crippen LogP contribution in [0.1, 0.15) is 17.0 Å². The second kappa shape index (κ2) is 6.92. The molecular formula is C16H21N3O2. The number of rotatable bonds is 6. The first kappa shape index (κ1) is 15.1. The Balaban J connectivity index is 1.78. The van der Waals surface area contributed by atoms with Gasteiger partial charge in [0.15, 0.2) is 0 Å². The van der Waals surface area contributed by atoms with Crippen molar-refractivity contribution in [3.8, 4) is 5.75 Å². The average molecular weight is 287 g/mol. The molecular weight excluding hydrogens is 266 g/mol. The van der Waals surface area contributed by atoms with Gasteiger partial charge in [0.05, 0.1) is 25.8 Å². The highest BCUT2D eigenvalue weighted by molar-refractivity contribution is 5.78. The summed E-state index contributed by atoms with van der Waals surface area (Å²) in [6.07, 6.45) is 0.376. The lowest BCUT2D eigenvalue weighted by atomic mass is 10.1. The zero-order valence-corrected chi connectivity index (χ0v) is 12.7. The number of aromatic nitrogens is 2. The predicted octanol–water partition coefficient (Wildman–Crippen LogP) is 1.87. The van der Waals surface area contributed by atoms with Gasteiger partial charge in [-0.3, -0.25) is 9.48 Å². The topological polar surface area (TPSA) is 56.1 Å². The van der Waals surface area contributed by atoms with Crippen LogP contribution < -0.4 is 10.1 Å². The summed E-state index contributed by atoms with van der Waals surface area (Å²) in [4.78, 5) is 11.9. The third-order valence-corrected chi connectivity index (χ3v) is 3.27. The fourth-order valence-electron chi connectivity index (χ4n) is 2.19.